The zero-order valence-corrected chi connectivity index (χ0v) is 39.1. The number of halogens is 4. The van der Waals surface area contributed by atoms with Crippen LogP contribution in [0.25, 0.3) is 0 Å². The Morgan fingerprint density at radius 2 is 0.970 bits per heavy atom. The van der Waals surface area contributed by atoms with E-state index < -0.39 is 11.9 Å². The van der Waals surface area contributed by atoms with Crippen LogP contribution >= 0.6 is 46.4 Å². The first-order valence-electron chi connectivity index (χ1n) is 19.8. The minimum atomic E-state index is -1.18. The van der Waals surface area contributed by atoms with Gasteiger partial charge in [0.25, 0.3) is 11.8 Å². The maximum atomic E-state index is 13.3. The molecular weight excluding hydrogens is 941 g/mol. The van der Waals surface area contributed by atoms with E-state index in [-0.39, 0.29) is 71.3 Å². The Morgan fingerprint density at radius 1 is 0.582 bits per heavy atom. The molecule has 2 atom stereocenters. The molecule has 2 amide bonds. The molecule has 8 rings (SSSR count). The average Bonchev–Trinajstić information content (AvgIpc) is 3.29. The van der Waals surface area contributed by atoms with Crippen molar-refractivity contribution in [3.63, 3.8) is 0 Å². The molecule has 22 heteroatoms. The van der Waals surface area contributed by atoms with Gasteiger partial charge in [0.15, 0.2) is 17.4 Å². The van der Waals surface area contributed by atoms with Crippen LogP contribution in [0.3, 0.4) is 0 Å². The van der Waals surface area contributed by atoms with Gasteiger partial charge in [-0.3, -0.25) is 24.4 Å². The maximum Gasteiger partial charge on any atom is 1.00 e. The number of benzene rings is 2. The van der Waals surface area contributed by atoms with Crippen LogP contribution in [-0.2, 0) is 0 Å². The number of hydrogen-bond donors (Lipinski definition) is 3. The van der Waals surface area contributed by atoms with Crippen LogP contribution < -0.4 is 40.1 Å². The first kappa shape index (κ1) is 53.6. The van der Waals surface area contributed by atoms with Gasteiger partial charge in [0.1, 0.15) is 0 Å². The third-order valence-corrected chi connectivity index (χ3v) is 11.7. The fourth-order valence-corrected chi connectivity index (χ4v) is 8.31. The largest absolute Gasteiger partial charge is 1.00 e. The number of rotatable bonds is 8. The summed E-state index contributed by atoms with van der Waals surface area (Å²) in [4.78, 5) is 74.4. The van der Waals surface area contributed by atoms with E-state index in [0.29, 0.717) is 87.0 Å². The van der Waals surface area contributed by atoms with Gasteiger partial charge in [0.05, 0.1) is 50.2 Å². The molecule has 0 bridgehead atoms. The van der Waals surface area contributed by atoms with Gasteiger partial charge in [-0.2, -0.15) is 0 Å². The van der Waals surface area contributed by atoms with E-state index in [9.17, 15) is 24.3 Å². The van der Waals surface area contributed by atoms with Crippen molar-refractivity contribution in [3.8, 4) is 0 Å². The number of aromatic nitrogens is 4. The first-order chi connectivity index (χ1) is 30.7. The molecule has 4 aromatic heterocycles. The molecule has 2 unspecified atom stereocenters. The predicted molar refractivity (Wildman–Crippen MR) is 253 cm³/mol. The number of ketones is 1. The summed E-state index contributed by atoms with van der Waals surface area (Å²) < 4.78 is 0. The number of carboxylic acids is 1. The van der Waals surface area contributed by atoms with Crippen molar-refractivity contribution >= 4 is 93.0 Å². The Balaban J connectivity index is 0.000000280. The Morgan fingerprint density at radius 3 is 1.34 bits per heavy atom. The number of aromatic carboxylic acids is 1. The zero-order valence-electron chi connectivity index (χ0n) is 36.1. The second kappa shape index (κ2) is 23.6. The normalized spacial score (nSPS) is 15.4. The number of Topliss-reactive ketones (excluding diaryl/α,β-unsaturated/α-hetero) is 1. The van der Waals surface area contributed by atoms with Crippen LogP contribution in [-0.4, -0.2) is 109 Å². The molecule has 8 N–H and O–H groups in total. The molecule has 0 aliphatic carbocycles. The smallest absolute Gasteiger partial charge is 0.870 e. The standard InChI is InChI=1S/C23H21Cl2N5O2.C22H19Cl2N5O3.Li.2H2O/c1-14(31)18-6-7-27-12-19(18)23(32)29-8-9-30(22-20(26)10-17(25)11-28-22)21(13-29)15-2-4-16(24)5-3-15;23-14-3-1-13(2-4-14)19-12-28(21(30)17-11-26-6-5-16(17)22(31)32)7-8-29(19)20-18(25)9-15(24)10-27-20;;;/h2-7,10-12,21H,8-9,13,26H2,1H3;1-6,9-11,19H,7-8,12,25H2,(H,31,32);;2*1H2/q;;+1;;/p-1. The molecule has 6 heterocycles. The SMILES string of the molecule is CC(=O)c1ccncc1C(=O)N1CCN(c2ncc(Cl)cc2N)C(c2ccc(Cl)cc2)C1.Nc1cc(Cl)cnc1N1CCN(C(=O)c2cnccc2C(=O)O)CC1c1ccc(Cl)cc1.O.[Li+].[OH-]. The average molecular weight is 985 g/mol. The second-order valence-electron chi connectivity index (χ2n) is 14.9. The molecule has 0 spiro atoms. The molecule has 344 valence electrons. The molecule has 67 heavy (non-hydrogen) atoms. The van der Waals surface area contributed by atoms with Crippen molar-refractivity contribution in [1.82, 2.24) is 29.7 Å². The fraction of sp³-hybridized carbons (Fsp3) is 0.200. The van der Waals surface area contributed by atoms with Crippen LogP contribution in [0.1, 0.15) is 71.6 Å². The summed E-state index contributed by atoms with van der Waals surface area (Å²) in [5.74, 6) is -0.824. The summed E-state index contributed by atoms with van der Waals surface area (Å²) in [5, 5.41) is 11.6. The number of nitrogen functional groups attached to an aromatic ring is 2. The van der Waals surface area contributed by atoms with Crippen molar-refractivity contribution in [2.24, 2.45) is 0 Å². The number of carbonyl (C=O) groups is 4. The molecule has 2 aliphatic rings. The van der Waals surface area contributed by atoms with Gasteiger partial charge in [-0.1, -0.05) is 70.7 Å². The molecule has 2 saturated heterocycles. The molecule has 0 radical (unpaired) electrons. The van der Waals surface area contributed by atoms with Gasteiger partial charge in [-0.25, -0.2) is 14.8 Å². The summed E-state index contributed by atoms with van der Waals surface area (Å²) in [6.07, 6.45) is 8.67. The number of nitrogens with two attached hydrogens (primary N) is 2. The molecule has 2 fully saturated rings. The van der Waals surface area contributed by atoms with E-state index in [1.807, 2.05) is 41.3 Å². The quantitative estimate of drug-likeness (QED) is 0.144. The molecule has 0 saturated carbocycles. The Kier molecular flexibility index (Phi) is 18.9. The van der Waals surface area contributed by atoms with E-state index in [1.165, 1.54) is 44.0 Å². The van der Waals surface area contributed by atoms with Gasteiger partial charge in [0, 0.05) is 92.1 Å². The number of piperazine rings is 2. The van der Waals surface area contributed by atoms with Gasteiger partial charge in [0.2, 0.25) is 0 Å². The predicted octanol–water partition coefficient (Wildman–Crippen LogP) is 4.04. The van der Waals surface area contributed by atoms with E-state index >= 15 is 0 Å². The van der Waals surface area contributed by atoms with E-state index in [4.69, 9.17) is 57.9 Å². The second-order valence-corrected chi connectivity index (χ2v) is 16.6. The Bertz CT molecular complexity index is 2540. The molecule has 2 aromatic carbocycles. The van der Waals surface area contributed by atoms with Crippen LogP contribution in [0, 0.1) is 0 Å². The van der Waals surface area contributed by atoms with Crippen molar-refractivity contribution in [2.75, 3.05) is 60.5 Å². The molecule has 2 aliphatic heterocycles. The number of carboxylic acid groups (broad SMARTS) is 1. The zero-order chi connectivity index (χ0) is 45.7. The summed E-state index contributed by atoms with van der Waals surface area (Å²) in [7, 11) is 0. The van der Waals surface area contributed by atoms with Crippen molar-refractivity contribution in [3.05, 3.63) is 163 Å². The fourth-order valence-electron chi connectivity index (χ4n) is 7.72. The minimum Gasteiger partial charge on any atom is -0.870 e. The van der Waals surface area contributed by atoms with Crippen LogP contribution in [0.4, 0.5) is 23.0 Å². The first-order valence-corrected chi connectivity index (χ1v) is 21.3. The monoisotopic (exact) mass is 982 g/mol. The number of anilines is 4. The third-order valence-electron chi connectivity index (χ3n) is 10.8. The van der Waals surface area contributed by atoms with E-state index in [0.717, 1.165) is 11.1 Å². The summed E-state index contributed by atoms with van der Waals surface area (Å²) >= 11 is 24.2. The van der Waals surface area contributed by atoms with Crippen LogP contribution in [0.2, 0.25) is 20.1 Å². The third kappa shape index (κ3) is 12.3. The number of hydrogen-bond acceptors (Lipinski definition) is 13. The number of pyridine rings is 4. The number of amides is 2. The topological polar surface area (TPSA) is 267 Å². The van der Waals surface area contributed by atoms with Crippen molar-refractivity contribution in [2.45, 2.75) is 19.0 Å². The summed E-state index contributed by atoms with van der Waals surface area (Å²) in [5.41, 5.74) is 15.8. The molecular formula is C45H43Cl4LiN10O7. The van der Waals surface area contributed by atoms with Crippen molar-refractivity contribution < 1.29 is 54.1 Å². The minimum absolute atomic E-state index is 0. The van der Waals surface area contributed by atoms with Gasteiger partial charge >= 0.3 is 24.8 Å². The summed E-state index contributed by atoms with van der Waals surface area (Å²) in [6, 6.07) is 20.5. The number of carbonyl (C=O) groups excluding carboxylic acids is 3. The van der Waals surface area contributed by atoms with Crippen molar-refractivity contribution in [1.29, 1.82) is 0 Å². The van der Waals surface area contributed by atoms with Crippen LogP contribution in [0.5, 0.6) is 0 Å². The van der Waals surface area contributed by atoms with E-state index in [1.54, 1.807) is 46.3 Å². The van der Waals surface area contributed by atoms with Crippen LogP contribution in [0.15, 0.2) is 110 Å². The maximum absolute atomic E-state index is 13.3. The van der Waals surface area contributed by atoms with E-state index in [2.05, 4.69) is 24.8 Å². The summed E-state index contributed by atoms with van der Waals surface area (Å²) in [6.45, 7) is 3.80. The number of nitrogens with zero attached hydrogens (tertiary/aromatic N) is 8. The van der Waals surface area contributed by atoms with Gasteiger partial charge < -0.3 is 47.1 Å². The van der Waals surface area contributed by atoms with Gasteiger partial charge in [-0.15, -0.1) is 0 Å². The van der Waals surface area contributed by atoms with Gasteiger partial charge in [-0.05, 0) is 66.6 Å². The Hall–Kier alpha value is -6.00. The Labute approximate surface area is 417 Å². The molecule has 6 aromatic rings. The molecule has 17 nitrogen and oxygen atoms in total.